The maximum atomic E-state index is 12.7. The Morgan fingerprint density at radius 3 is 2.97 bits per heavy atom. The van der Waals surface area contributed by atoms with Gasteiger partial charge in [0.15, 0.2) is 5.65 Å². The highest BCUT2D eigenvalue weighted by Crippen LogP contribution is 2.38. The molecular formula is C20H26N6O2S. The Kier molecular flexibility index (Phi) is 4.97. The van der Waals surface area contributed by atoms with Crippen LogP contribution in [-0.4, -0.2) is 69.8 Å². The summed E-state index contributed by atoms with van der Waals surface area (Å²) in [6.07, 6.45) is 3.37. The molecule has 154 valence electrons. The number of aromatic nitrogens is 4. The lowest BCUT2D eigenvalue weighted by Gasteiger charge is -2.26. The van der Waals surface area contributed by atoms with Crippen molar-refractivity contribution in [3.63, 3.8) is 0 Å². The standard InChI is InChI=1S/C20H26N6O2S/c1-12-3-4-15-14(11-12)16-18-23-17(24-26(18)13(2)22-20(16)29-15)19(27)21-5-6-25-7-9-28-10-8-25/h12H,3-11H2,1-2H3,(H,21,27)/t12-/m1/s1. The first kappa shape index (κ1) is 18.9. The zero-order valence-corrected chi connectivity index (χ0v) is 17.7. The maximum Gasteiger partial charge on any atom is 0.291 e. The minimum absolute atomic E-state index is 0.216. The smallest absolute Gasteiger partial charge is 0.291 e. The molecule has 9 heteroatoms. The number of nitrogens with one attached hydrogen (secondary N) is 1. The largest absolute Gasteiger partial charge is 0.379 e. The number of fused-ring (bicyclic) bond motifs is 5. The molecule has 0 aromatic carbocycles. The van der Waals surface area contributed by atoms with Gasteiger partial charge in [-0.3, -0.25) is 9.69 Å². The second-order valence-corrected chi connectivity index (χ2v) is 9.16. The van der Waals surface area contributed by atoms with Crippen LogP contribution < -0.4 is 5.32 Å². The number of aryl methyl sites for hydroxylation is 2. The number of carbonyl (C=O) groups is 1. The lowest BCUT2D eigenvalue weighted by molar-refractivity contribution is 0.0383. The molecule has 1 N–H and O–H groups in total. The van der Waals surface area contributed by atoms with Crippen LogP contribution in [0.2, 0.25) is 0 Å². The molecule has 0 bridgehead atoms. The quantitative estimate of drug-likeness (QED) is 0.701. The summed E-state index contributed by atoms with van der Waals surface area (Å²) in [5.74, 6) is 1.41. The first-order valence-electron chi connectivity index (χ1n) is 10.4. The van der Waals surface area contributed by atoms with Crippen molar-refractivity contribution in [2.24, 2.45) is 5.92 Å². The van der Waals surface area contributed by atoms with Crippen molar-refractivity contribution in [2.45, 2.75) is 33.1 Å². The zero-order valence-electron chi connectivity index (χ0n) is 16.9. The zero-order chi connectivity index (χ0) is 20.0. The summed E-state index contributed by atoms with van der Waals surface area (Å²) in [4.78, 5) is 26.8. The number of rotatable bonds is 4. The molecule has 0 unspecified atom stereocenters. The van der Waals surface area contributed by atoms with Crippen LogP contribution in [0.15, 0.2) is 0 Å². The molecular weight excluding hydrogens is 388 g/mol. The molecule has 0 saturated carbocycles. The van der Waals surface area contributed by atoms with E-state index in [1.54, 1.807) is 15.9 Å². The van der Waals surface area contributed by atoms with Crippen molar-refractivity contribution in [1.82, 2.24) is 29.8 Å². The van der Waals surface area contributed by atoms with E-state index in [1.165, 1.54) is 16.9 Å². The van der Waals surface area contributed by atoms with E-state index in [2.05, 4.69) is 27.2 Å². The molecule has 8 nitrogen and oxygen atoms in total. The van der Waals surface area contributed by atoms with E-state index in [0.29, 0.717) is 12.5 Å². The normalized spacial score (nSPS) is 20.3. The fraction of sp³-hybridized carbons (Fsp3) is 0.600. The second kappa shape index (κ2) is 7.62. The van der Waals surface area contributed by atoms with Gasteiger partial charge in [0.25, 0.3) is 5.91 Å². The van der Waals surface area contributed by atoms with Crippen LogP contribution in [0.4, 0.5) is 0 Å². The number of morpholine rings is 1. The van der Waals surface area contributed by atoms with Crippen molar-refractivity contribution in [3.8, 4) is 0 Å². The Morgan fingerprint density at radius 2 is 2.14 bits per heavy atom. The third kappa shape index (κ3) is 3.51. The van der Waals surface area contributed by atoms with Gasteiger partial charge in [0.2, 0.25) is 5.82 Å². The van der Waals surface area contributed by atoms with Gasteiger partial charge in [0.1, 0.15) is 10.7 Å². The molecule has 2 aliphatic rings. The predicted octanol–water partition coefficient (Wildman–Crippen LogP) is 1.83. The van der Waals surface area contributed by atoms with E-state index in [0.717, 1.165) is 67.4 Å². The molecule has 1 fully saturated rings. The maximum absolute atomic E-state index is 12.7. The van der Waals surface area contributed by atoms with Crippen molar-refractivity contribution in [1.29, 1.82) is 0 Å². The lowest BCUT2D eigenvalue weighted by atomic mass is 9.89. The van der Waals surface area contributed by atoms with Gasteiger partial charge in [-0.1, -0.05) is 6.92 Å². The highest BCUT2D eigenvalue weighted by Gasteiger charge is 2.25. The number of hydrogen-bond donors (Lipinski definition) is 1. The Hall–Kier alpha value is -2.10. The number of hydrogen-bond acceptors (Lipinski definition) is 7. The van der Waals surface area contributed by atoms with Crippen LogP contribution in [0.3, 0.4) is 0 Å². The average Bonchev–Trinajstić information content (AvgIpc) is 3.30. The van der Waals surface area contributed by atoms with Gasteiger partial charge in [-0.15, -0.1) is 16.4 Å². The molecule has 1 saturated heterocycles. The summed E-state index contributed by atoms with van der Waals surface area (Å²) < 4.78 is 7.09. The third-order valence-corrected chi connectivity index (χ3v) is 7.10. The van der Waals surface area contributed by atoms with Gasteiger partial charge in [0.05, 0.1) is 18.6 Å². The van der Waals surface area contributed by atoms with Crippen LogP contribution in [0, 0.1) is 12.8 Å². The Balaban J connectivity index is 1.41. The topological polar surface area (TPSA) is 84.7 Å². The van der Waals surface area contributed by atoms with Gasteiger partial charge in [-0.25, -0.2) is 9.97 Å². The van der Waals surface area contributed by atoms with E-state index < -0.39 is 0 Å². The Labute approximate surface area is 173 Å². The van der Waals surface area contributed by atoms with E-state index >= 15 is 0 Å². The Morgan fingerprint density at radius 1 is 1.31 bits per heavy atom. The lowest BCUT2D eigenvalue weighted by Crippen LogP contribution is -2.41. The summed E-state index contributed by atoms with van der Waals surface area (Å²) in [5.41, 5.74) is 2.12. The van der Waals surface area contributed by atoms with Gasteiger partial charge in [-0.05, 0) is 37.7 Å². The summed E-state index contributed by atoms with van der Waals surface area (Å²) >= 11 is 1.77. The van der Waals surface area contributed by atoms with Gasteiger partial charge < -0.3 is 10.1 Å². The van der Waals surface area contributed by atoms with Crippen molar-refractivity contribution in [3.05, 3.63) is 22.1 Å². The first-order valence-corrected chi connectivity index (χ1v) is 11.2. The van der Waals surface area contributed by atoms with E-state index in [4.69, 9.17) is 9.72 Å². The van der Waals surface area contributed by atoms with Crippen LogP contribution in [-0.2, 0) is 17.6 Å². The van der Waals surface area contributed by atoms with E-state index in [-0.39, 0.29) is 11.7 Å². The SMILES string of the molecule is Cc1nc2sc3c(c2c2nc(C(=O)NCCN4CCOCC4)nn12)C[C@H](C)CC3. The highest BCUT2D eigenvalue weighted by molar-refractivity contribution is 7.19. The van der Waals surface area contributed by atoms with Crippen molar-refractivity contribution >= 4 is 33.1 Å². The van der Waals surface area contributed by atoms with Crippen LogP contribution >= 0.6 is 11.3 Å². The highest BCUT2D eigenvalue weighted by atomic mass is 32.1. The molecule has 5 rings (SSSR count). The summed E-state index contributed by atoms with van der Waals surface area (Å²) in [5, 5.41) is 8.52. The molecule has 3 aromatic heterocycles. The molecule has 0 radical (unpaired) electrons. The van der Waals surface area contributed by atoms with E-state index in [1.807, 2.05) is 6.92 Å². The molecule has 0 spiro atoms. The minimum Gasteiger partial charge on any atom is -0.379 e. The molecule has 3 aromatic rings. The molecule has 1 atom stereocenters. The Bertz CT molecular complexity index is 1070. The fourth-order valence-electron chi connectivity index (χ4n) is 4.27. The molecule has 1 aliphatic carbocycles. The summed E-state index contributed by atoms with van der Waals surface area (Å²) in [7, 11) is 0. The molecule has 1 aliphatic heterocycles. The van der Waals surface area contributed by atoms with Gasteiger partial charge in [0, 0.05) is 31.1 Å². The minimum atomic E-state index is -0.230. The predicted molar refractivity (Wildman–Crippen MR) is 112 cm³/mol. The van der Waals surface area contributed by atoms with Crippen LogP contribution in [0.5, 0.6) is 0 Å². The van der Waals surface area contributed by atoms with Crippen molar-refractivity contribution in [2.75, 3.05) is 39.4 Å². The number of amides is 1. The summed E-state index contributed by atoms with van der Waals surface area (Å²) in [6, 6.07) is 0. The summed E-state index contributed by atoms with van der Waals surface area (Å²) in [6.45, 7) is 8.93. The molecule has 29 heavy (non-hydrogen) atoms. The third-order valence-electron chi connectivity index (χ3n) is 5.91. The second-order valence-electron chi connectivity index (χ2n) is 8.07. The number of nitrogens with zero attached hydrogens (tertiary/aromatic N) is 5. The van der Waals surface area contributed by atoms with Crippen molar-refractivity contribution < 1.29 is 9.53 Å². The van der Waals surface area contributed by atoms with E-state index in [9.17, 15) is 4.79 Å². The van der Waals surface area contributed by atoms with Crippen LogP contribution in [0.1, 0.15) is 40.2 Å². The molecule has 4 heterocycles. The van der Waals surface area contributed by atoms with Gasteiger partial charge >= 0.3 is 0 Å². The number of carbonyl (C=O) groups excluding carboxylic acids is 1. The fourth-order valence-corrected chi connectivity index (χ4v) is 5.53. The average molecular weight is 415 g/mol. The van der Waals surface area contributed by atoms with Gasteiger partial charge in [-0.2, -0.15) is 4.52 Å². The monoisotopic (exact) mass is 414 g/mol. The van der Waals surface area contributed by atoms with Crippen LogP contribution in [0.25, 0.3) is 15.9 Å². The number of thiophene rings is 1. The molecule has 1 amide bonds. The number of ether oxygens (including phenoxy) is 1. The first-order chi connectivity index (χ1) is 14.1.